The molecule has 0 aliphatic carbocycles. The maximum absolute atomic E-state index is 13.6. The summed E-state index contributed by atoms with van der Waals surface area (Å²) in [6.45, 7) is 2.68. The second-order valence-corrected chi connectivity index (χ2v) is 7.72. The number of para-hydroxylation sites is 1. The number of carbonyl (C=O) groups excluding carboxylic acids is 2. The normalized spacial score (nSPS) is 21.2. The van der Waals surface area contributed by atoms with Crippen molar-refractivity contribution in [2.45, 2.75) is 25.4 Å². The minimum Gasteiger partial charge on any atom is -0.484 e. The monoisotopic (exact) mass is 378 g/mol. The summed E-state index contributed by atoms with van der Waals surface area (Å²) in [4.78, 5) is 30.3. The first kappa shape index (κ1) is 17.0. The molecule has 1 N–H and O–H groups in total. The Kier molecular flexibility index (Phi) is 3.59. The van der Waals surface area contributed by atoms with Gasteiger partial charge in [0.15, 0.2) is 5.78 Å². The number of ketones is 1. The van der Waals surface area contributed by atoms with E-state index in [1.165, 1.54) is 12.1 Å². The summed E-state index contributed by atoms with van der Waals surface area (Å²) in [6.07, 6.45) is 0.873. The van der Waals surface area contributed by atoms with Crippen molar-refractivity contribution < 1.29 is 18.7 Å². The molecule has 1 atom stereocenters. The molecule has 2 aromatic carbocycles. The Bertz CT molecular complexity index is 1140. The number of benzene rings is 2. The van der Waals surface area contributed by atoms with Crippen LogP contribution in [0.2, 0.25) is 0 Å². The molecule has 5 rings (SSSR count). The molecule has 3 aromatic rings. The molecule has 28 heavy (non-hydrogen) atoms. The second-order valence-electron chi connectivity index (χ2n) is 7.72. The molecule has 2 aliphatic rings. The predicted octanol–water partition coefficient (Wildman–Crippen LogP) is 3.87. The summed E-state index contributed by atoms with van der Waals surface area (Å²) in [5.41, 5.74) is 1.73. The van der Waals surface area contributed by atoms with E-state index in [9.17, 15) is 14.0 Å². The van der Waals surface area contributed by atoms with Gasteiger partial charge in [0.1, 0.15) is 22.9 Å². The van der Waals surface area contributed by atoms with Crippen molar-refractivity contribution in [2.24, 2.45) is 0 Å². The number of H-pyrrole nitrogens is 1. The number of ether oxygens (including phenoxy) is 1. The lowest BCUT2D eigenvalue weighted by atomic mass is 9.89. The van der Waals surface area contributed by atoms with Crippen molar-refractivity contribution in [1.82, 2.24) is 9.88 Å². The van der Waals surface area contributed by atoms with Gasteiger partial charge in [-0.25, -0.2) is 4.39 Å². The lowest BCUT2D eigenvalue weighted by Gasteiger charge is -2.34. The highest BCUT2D eigenvalue weighted by Crippen LogP contribution is 2.39. The molecule has 0 radical (unpaired) electrons. The van der Waals surface area contributed by atoms with Gasteiger partial charge in [0.05, 0.1) is 18.5 Å². The Morgan fingerprint density at radius 1 is 1.25 bits per heavy atom. The van der Waals surface area contributed by atoms with Crippen LogP contribution < -0.4 is 4.74 Å². The van der Waals surface area contributed by atoms with E-state index in [1.807, 2.05) is 19.1 Å². The molecule has 1 amide bonds. The van der Waals surface area contributed by atoms with Gasteiger partial charge in [-0.15, -0.1) is 0 Å². The van der Waals surface area contributed by atoms with Crippen LogP contribution in [0.1, 0.15) is 39.3 Å². The molecule has 1 spiro atoms. The summed E-state index contributed by atoms with van der Waals surface area (Å²) in [5.74, 6) is 0.138. The standard InChI is InChI=1S/C22H19FN2O3/c1-13-8-14(23)9-17-16(13)10-18(24-17)21(27)25-7-6-22(12-25)11-19(26)15-4-2-3-5-20(15)28-22/h2-5,8-10,24H,6-7,11-12H2,1H3. The van der Waals surface area contributed by atoms with Gasteiger partial charge in [-0.05, 0) is 42.8 Å². The molecule has 0 bridgehead atoms. The molecule has 3 heterocycles. The van der Waals surface area contributed by atoms with Crippen LogP contribution in [0.3, 0.4) is 0 Å². The molecule has 1 unspecified atom stereocenters. The Morgan fingerprint density at radius 3 is 2.93 bits per heavy atom. The number of likely N-dealkylation sites (tertiary alicyclic amines) is 1. The fraction of sp³-hybridized carbons (Fsp3) is 0.273. The number of fused-ring (bicyclic) bond motifs is 2. The van der Waals surface area contributed by atoms with Gasteiger partial charge in [-0.3, -0.25) is 9.59 Å². The van der Waals surface area contributed by atoms with Crippen molar-refractivity contribution in [3.05, 3.63) is 65.1 Å². The van der Waals surface area contributed by atoms with E-state index >= 15 is 0 Å². The summed E-state index contributed by atoms with van der Waals surface area (Å²) < 4.78 is 19.8. The maximum Gasteiger partial charge on any atom is 0.270 e. The van der Waals surface area contributed by atoms with Gasteiger partial charge in [0, 0.05) is 23.9 Å². The minimum absolute atomic E-state index is 0.0489. The number of amides is 1. The zero-order valence-electron chi connectivity index (χ0n) is 15.4. The van der Waals surface area contributed by atoms with Crippen LogP contribution in [0.25, 0.3) is 10.9 Å². The predicted molar refractivity (Wildman–Crippen MR) is 102 cm³/mol. The highest BCUT2D eigenvalue weighted by Gasteiger charge is 2.47. The quantitative estimate of drug-likeness (QED) is 0.699. The minimum atomic E-state index is -0.671. The molecule has 2 aliphatic heterocycles. The van der Waals surface area contributed by atoms with Crippen molar-refractivity contribution in [1.29, 1.82) is 0 Å². The molecule has 1 fully saturated rings. The van der Waals surface area contributed by atoms with Crippen LogP contribution >= 0.6 is 0 Å². The van der Waals surface area contributed by atoms with E-state index in [4.69, 9.17) is 4.74 Å². The number of aromatic nitrogens is 1. The van der Waals surface area contributed by atoms with Crippen LogP contribution in [-0.2, 0) is 0 Å². The molecule has 142 valence electrons. The number of hydrogen-bond donors (Lipinski definition) is 1. The van der Waals surface area contributed by atoms with Gasteiger partial charge in [-0.1, -0.05) is 12.1 Å². The van der Waals surface area contributed by atoms with E-state index in [0.29, 0.717) is 42.0 Å². The molecule has 6 heteroatoms. The molecule has 1 saturated heterocycles. The average Bonchev–Trinajstić information content (AvgIpc) is 3.26. The molecular weight excluding hydrogens is 359 g/mol. The molecule has 0 saturated carbocycles. The van der Waals surface area contributed by atoms with E-state index < -0.39 is 5.60 Å². The largest absolute Gasteiger partial charge is 0.484 e. The average molecular weight is 378 g/mol. The highest BCUT2D eigenvalue weighted by molar-refractivity contribution is 6.01. The molecular formula is C22H19FN2O3. The van der Waals surface area contributed by atoms with Gasteiger partial charge in [0.2, 0.25) is 0 Å². The van der Waals surface area contributed by atoms with Crippen LogP contribution in [0, 0.1) is 12.7 Å². The summed E-state index contributed by atoms with van der Waals surface area (Å²) in [5, 5.41) is 0.830. The zero-order chi connectivity index (χ0) is 19.5. The maximum atomic E-state index is 13.6. The zero-order valence-corrected chi connectivity index (χ0v) is 15.4. The number of nitrogens with zero attached hydrogens (tertiary/aromatic N) is 1. The second kappa shape index (κ2) is 5.92. The third-order valence-electron chi connectivity index (χ3n) is 5.74. The lowest BCUT2D eigenvalue weighted by Crippen LogP contribution is -2.45. The third-order valence-corrected chi connectivity index (χ3v) is 5.74. The first-order valence-electron chi connectivity index (χ1n) is 9.34. The highest BCUT2D eigenvalue weighted by atomic mass is 19.1. The van der Waals surface area contributed by atoms with E-state index in [-0.39, 0.29) is 23.9 Å². The number of Topliss-reactive ketones (excluding diaryl/α,β-unsaturated/α-hetero) is 1. The summed E-state index contributed by atoms with van der Waals surface area (Å²) >= 11 is 0. The van der Waals surface area contributed by atoms with Gasteiger partial charge < -0.3 is 14.6 Å². The van der Waals surface area contributed by atoms with Gasteiger partial charge >= 0.3 is 0 Å². The summed E-state index contributed by atoms with van der Waals surface area (Å²) in [6, 6.07) is 11.8. The van der Waals surface area contributed by atoms with Crippen LogP contribution in [0.5, 0.6) is 5.75 Å². The Labute approximate surface area is 161 Å². The topological polar surface area (TPSA) is 62.4 Å². The van der Waals surface area contributed by atoms with Gasteiger partial charge in [0.25, 0.3) is 5.91 Å². The summed E-state index contributed by atoms with van der Waals surface area (Å²) in [7, 11) is 0. The Morgan fingerprint density at radius 2 is 2.07 bits per heavy atom. The van der Waals surface area contributed by atoms with Crippen molar-refractivity contribution >= 4 is 22.6 Å². The van der Waals surface area contributed by atoms with Crippen LogP contribution in [-0.4, -0.2) is 40.3 Å². The van der Waals surface area contributed by atoms with E-state index in [1.54, 1.807) is 23.1 Å². The third kappa shape index (κ3) is 2.59. The number of aromatic amines is 1. The molecule has 5 nitrogen and oxygen atoms in total. The Hall–Kier alpha value is -3.15. The van der Waals surface area contributed by atoms with Gasteiger partial charge in [-0.2, -0.15) is 0 Å². The van der Waals surface area contributed by atoms with E-state index in [0.717, 1.165) is 10.9 Å². The number of nitrogens with one attached hydrogen (secondary N) is 1. The molecule has 1 aromatic heterocycles. The number of carbonyl (C=O) groups is 2. The van der Waals surface area contributed by atoms with Crippen LogP contribution in [0.4, 0.5) is 4.39 Å². The first-order chi connectivity index (χ1) is 13.4. The number of hydrogen-bond acceptors (Lipinski definition) is 3. The lowest BCUT2D eigenvalue weighted by molar-refractivity contribution is 0.0427. The van der Waals surface area contributed by atoms with Crippen LogP contribution in [0.15, 0.2) is 42.5 Å². The van der Waals surface area contributed by atoms with Crippen molar-refractivity contribution in [3.63, 3.8) is 0 Å². The first-order valence-corrected chi connectivity index (χ1v) is 9.34. The van der Waals surface area contributed by atoms with Crippen molar-refractivity contribution in [2.75, 3.05) is 13.1 Å². The smallest absolute Gasteiger partial charge is 0.270 e. The van der Waals surface area contributed by atoms with E-state index in [2.05, 4.69) is 4.98 Å². The van der Waals surface area contributed by atoms with Crippen molar-refractivity contribution in [3.8, 4) is 5.75 Å². The SMILES string of the molecule is Cc1cc(F)cc2[nH]c(C(=O)N3CCC4(CC(=O)c5ccccc5O4)C3)cc12. The number of halogens is 1. The fourth-order valence-electron chi connectivity index (χ4n) is 4.35. The Balaban J connectivity index is 1.41. The number of aryl methyl sites for hydroxylation is 1. The number of rotatable bonds is 1. The fourth-order valence-corrected chi connectivity index (χ4v) is 4.35.